The first-order chi connectivity index (χ1) is 8.91. The standard InChI is InChI=1S/C10H12ClN5O3/c1-10(11)4(17)2-19-8(10)16-3-13-5-6(16)14-9(12)15-7(5)18/h3-4,8,17H,2H2,1H3,(H3,12,14,15,18)/t4-,8-,10-/m1/s1. The van der Waals surface area contributed by atoms with E-state index in [0.29, 0.717) is 0 Å². The van der Waals surface area contributed by atoms with Gasteiger partial charge in [0.05, 0.1) is 12.9 Å². The van der Waals surface area contributed by atoms with Crippen LogP contribution in [0.5, 0.6) is 0 Å². The smallest absolute Gasteiger partial charge is 0.280 e. The number of nitrogens with two attached hydrogens (primary N) is 1. The van der Waals surface area contributed by atoms with E-state index in [1.807, 2.05) is 0 Å². The summed E-state index contributed by atoms with van der Waals surface area (Å²) < 4.78 is 6.96. The Balaban J connectivity index is 2.19. The van der Waals surface area contributed by atoms with Crippen LogP contribution in [0.15, 0.2) is 11.1 Å². The van der Waals surface area contributed by atoms with E-state index in [2.05, 4.69) is 15.0 Å². The van der Waals surface area contributed by atoms with Gasteiger partial charge >= 0.3 is 0 Å². The molecular weight excluding hydrogens is 274 g/mol. The van der Waals surface area contributed by atoms with Gasteiger partial charge in [-0.1, -0.05) is 0 Å². The van der Waals surface area contributed by atoms with Crippen LogP contribution in [0.4, 0.5) is 5.95 Å². The average molecular weight is 286 g/mol. The lowest BCUT2D eigenvalue weighted by Crippen LogP contribution is -2.36. The van der Waals surface area contributed by atoms with Crippen LogP contribution < -0.4 is 11.3 Å². The highest BCUT2D eigenvalue weighted by Gasteiger charge is 2.47. The molecule has 0 radical (unpaired) electrons. The molecule has 0 amide bonds. The molecule has 0 spiro atoms. The van der Waals surface area contributed by atoms with Gasteiger partial charge in [-0.05, 0) is 6.92 Å². The van der Waals surface area contributed by atoms with E-state index in [1.165, 1.54) is 10.9 Å². The fourth-order valence-electron chi connectivity index (χ4n) is 2.14. The number of ether oxygens (including phenoxy) is 1. The first kappa shape index (κ1) is 12.4. The second-order valence-corrected chi connectivity index (χ2v) is 5.44. The molecule has 3 rings (SSSR count). The summed E-state index contributed by atoms with van der Waals surface area (Å²) in [4.78, 5) is 21.0. The molecule has 1 aliphatic heterocycles. The number of aromatic nitrogens is 4. The van der Waals surface area contributed by atoms with Gasteiger partial charge in [0, 0.05) is 0 Å². The third-order valence-corrected chi connectivity index (χ3v) is 3.69. The molecule has 0 aliphatic carbocycles. The molecule has 0 saturated carbocycles. The number of nitrogens with zero attached hydrogens (tertiary/aromatic N) is 3. The Labute approximate surface area is 112 Å². The number of H-pyrrole nitrogens is 1. The van der Waals surface area contributed by atoms with E-state index in [9.17, 15) is 9.90 Å². The van der Waals surface area contributed by atoms with Crippen LogP contribution in [0.3, 0.4) is 0 Å². The highest BCUT2D eigenvalue weighted by Crippen LogP contribution is 2.40. The fourth-order valence-corrected chi connectivity index (χ4v) is 2.37. The first-order valence-corrected chi connectivity index (χ1v) is 6.00. The quantitative estimate of drug-likeness (QED) is 0.613. The molecule has 3 atom stereocenters. The fraction of sp³-hybridized carbons (Fsp3) is 0.500. The van der Waals surface area contributed by atoms with Gasteiger partial charge < -0.3 is 15.6 Å². The molecule has 1 saturated heterocycles. The van der Waals surface area contributed by atoms with Crippen molar-refractivity contribution < 1.29 is 9.84 Å². The molecule has 9 heteroatoms. The largest absolute Gasteiger partial charge is 0.389 e. The topological polar surface area (TPSA) is 119 Å². The number of aromatic amines is 1. The molecule has 8 nitrogen and oxygen atoms in total. The summed E-state index contributed by atoms with van der Waals surface area (Å²) in [6.45, 7) is 1.75. The summed E-state index contributed by atoms with van der Waals surface area (Å²) in [6, 6.07) is 0. The van der Waals surface area contributed by atoms with Gasteiger partial charge in [0.1, 0.15) is 11.0 Å². The zero-order valence-corrected chi connectivity index (χ0v) is 10.8. The number of fused-ring (bicyclic) bond motifs is 1. The molecule has 2 aromatic heterocycles. The molecule has 102 valence electrons. The molecule has 0 aromatic carbocycles. The summed E-state index contributed by atoms with van der Waals surface area (Å²) in [5.41, 5.74) is 5.50. The van der Waals surface area contributed by atoms with E-state index < -0.39 is 22.8 Å². The van der Waals surface area contributed by atoms with Gasteiger partial charge in [-0.15, -0.1) is 11.6 Å². The molecule has 1 fully saturated rings. The highest BCUT2D eigenvalue weighted by molar-refractivity contribution is 6.24. The van der Waals surface area contributed by atoms with Crippen molar-refractivity contribution in [1.29, 1.82) is 0 Å². The minimum absolute atomic E-state index is 0.0194. The number of hydrogen-bond acceptors (Lipinski definition) is 6. The molecule has 0 unspecified atom stereocenters. The van der Waals surface area contributed by atoms with Gasteiger partial charge in [-0.3, -0.25) is 14.3 Å². The van der Waals surface area contributed by atoms with Gasteiger partial charge in [0.25, 0.3) is 5.56 Å². The van der Waals surface area contributed by atoms with Crippen molar-refractivity contribution in [2.24, 2.45) is 0 Å². The van der Waals surface area contributed by atoms with E-state index in [-0.39, 0.29) is 23.7 Å². The van der Waals surface area contributed by atoms with Crippen molar-refractivity contribution in [2.45, 2.75) is 24.1 Å². The van der Waals surface area contributed by atoms with E-state index >= 15 is 0 Å². The molecule has 19 heavy (non-hydrogen) atoms. The number of rotatable bonds is 1. The first-order valence-electron chi connectivity index (χ1n) is 5.62. The lowest BCUT2D eigenvalue weighted by atomic mass is 10.1. The van der Waals surface area contributed by atoms with Crippen molar-refractivity contribution in [3.05, 3.63) is 16.7 Å². The van der Waals surface area contributed by atoms with Crippen molar-refractivity contribution in [3.63, 3.8) is 0 Å². The zero-order valence-electron chi connectivity index (χ0n) is 10.00. The van der Waals surface area contributed by atoms with E-state index in [1.54, 1.807) is 6.92 Å². The summed E-state index contributed by atoms with van der Waals surface area (Å²) in [5.74, 6) is -0.0194. The molecule has 3 heterocycles. The Morgan fingerprint density at radius 1 is 1.74 bits per heavy atom. The number of aliphatic hydroxyl groups is 1. The summed E-state index contributed by atoms with van der Waals surface area (Å²) in [7, 11) is 0. The molecule has 2 aromatic rings. The number of aliphatic hydroxyl groups excluding tert-OH is 1. The number of nitrogen functional groups attached to an aromatic ring is 1. The summed E-state index contributed by atoms with van der Waals surface area (Å²) >= 11 is 6.29. The van der Waals surface area contributed by atoms with E-state index in [4.69, 9.17) is 22.1 Å². The Morgan fingerprint density at radius 3 is 3.11 bits per heavy atom. The van der Waals surface area contributed by atoms with Gasteiger partial charge in [0.15, 0.2) is 17.4 Å². The Kier molecular flexibility index (Phi) is 2.56. The average Bonchev–Trinajstić information content (AvgIpc) is 2.82. The number of halogens is 1. The van der Waals surface area contributed by atoms with Crippen molar-refractivity contribution in [3.8, 4) is 0 Å². The van der Waals surface area contributed by atoms with Gasteiger partial charge in [-0.2, -0.15) is 4.98 Å². The minimum Gasteiger partial charge on any atom is -0.389 e. The van der Waals surface area contributed by atoms with Crippen LogP contribution in [-0.2, 0) is 4.74 Å². The van der Waals surface area contributed by atoms with Crippen LogP contribution in [0.1, 0.15) is 13.2 Å². The number of anilines is 1. The number of alkyl halides is 1. The van der Waals surface area contributed by atoms with Crippen molar-refractivity contribution in [1.82, 2.24) is 19.5 Å². The maximum absolute atomic E-state index is 11.7. The van der Waals surface area contributed by atoms with Crippen molar-refractivity contribution in [2.75, 3.05) is 12.3 Å². The monoisotopic (exact) mass is 285 g/mol. The van der Waals surface area contributed by atoms with Crippen LogP contribution in [-0.4, -0.2) is 42.2 Å². The maximum Gasteiger partial charge on any atom is 0.280 e. The maximum atomic E-state index is 11.7. The SMILES string of the molecule is C[C@@]1(Cl)[C@H](O)CO[C@H]1n1cnc2c(=O)[nH]c(N)nc21. The van der Waals surface area contributed by atoms with Crippen LogP contribution >= 0.6 is 11.6 Å². The minimum atomic E-state index is -1.04. The lowest BCUT2D eigenvalue weighted by molar-refractivity contribution is 0.0432. The number of hydrogen-bond donors (Lipinski definition) is 3. The van der Waals surface area contributed by atoms with Gasteiger partial charge in [-0.25, -0.2) is 4.98 Å². The second kappa shape index (κ2) is 3.92. The highest BCUT2D eigenvalue weighted by atomic mass is 35.5. The second-order valence-electron chi connectivity index (χ2n) is 4.63. The Hall–Kier alpha value is -1.64. The predicted molar refractivity (Wildman–Crippen MR) is 67.8 cm³/mol. The zero-order chi connectivity index (χ0) is 13.8. The number of imidazole rings is 1. The normalized spacial score (nSPS) is 31.1. The Bertz CT molecular complexity index is 694. The molecule has 4 N–H and O–H groups in total. The van der Waals surface area contributed by atoms with Crippen LogP contribution in [0.2, 0.25) is 0 Å². The molecular formula is C10H12ClN5O3. The van der Waals surface area contributed by atoms with E-state index in [0.717, 1.165) is 0 Å². The predicted octanol–water partition coefficient (Wildman–Crippen LogP) is -0.411. The molecule has 0 bridgehead atoms. The van der Waals surface area contributed by atoms with Crippen LogP contribution in [0.25, 0.3) is 11.2 Å². The summed E-state index contributed by atoms with van der Waals surface area (Å²) in [6.07, 6.45) is -0.103. The third-order valence-electron chi connectivity index (χ3n) is 3.25. The molecule has 1 aliphatic rings. The number of nitrogens with one attached hydrogen (secondary N) is 1. The van der Waals surface area contributed by atoms with Gasteiger partial charge in [0.2, 0.25) is 5.95 Å². The lowest BCUT2D eigenvalue weighted by Gasteiger charge is -2.26. The van der Waals surface area contributed by atoms with Crippen LogP contribution in [0, 0.1) is 0 Å². The summed E-state index contributed by atoms with van der Waals surface area (Å²) in [5, 5.41) is 9.80. The Morgan fingerprint density at radius 2 is 2.47 bits per heavy atom. The van der Waals surface area contributed by atoms with Crippen molar-refractivity contribution >= 4 is 28.7 Å². The third kappa shape index (κ3) is 1.71.